The van der Waals surface area contributed by atoms with Gasteiger partial charge in [0.2, 0.25) is 5.78 Å². The van der Waals surface area contributed by atoms with Crippen LogP contribution in [0, 0.1) is 6.92 Å². The molecular weight excluding hydrogens is 218 g/mol. The number of hydrogen-bond donors (Lipinski definition) is 0. The van der Waals surface area contributed by atoms with E-state index in [1.54, 1.807) is 43.1 Å². The van der Waals surface area contributed by atoms with Crippen molar-refractivity contribution in [3.05, 3.63) is 52.2 Å². The van der Waals surface area contributed by atoms with Crippen LogP contribution < -0.4 is 5.56 Å². The normalized spacial score (nSPS) is 10.5. The molecule has 0 bridgehead atoms. The minimum absolute atomic E-state index is 0.0308. The van der Waals surface area contributed by atoms with Crippen LogP contribution in [0.2, 0.25) is 0 Å². The molecule has 0 saturated heterocycles. The van der Waals surface area contributed by atoms with Gasteiger partial charge in [-0.15, -0.1) is 0 Å². The van der Waals surface area contributed by atoms with E-state index in [9.17, 15) is 9.59 Å². The molecule has 0 aliphatic rings. The largest absolute Gasteiger partial charge is 0.348 e. The Labute approximate surface area is 98.3 Å². The van der Waals surface area contributed by atoms with Gasteiger partial charge in [0, 0.05) is 19.3 Å². The maximum absolute atomic E-state index is 11.9. The lowest BCUT2D eigenvalue weighted by Gasteiger charge is -2.04. The third-order valence-corrected chi connectivity index (χ3v) is 2.53. The number of carbonyl (C=O) groups excluding carboxylic acids is 1. The van der Waals surface area contributed by atoms with E-state index in [2.05, 4.69) is 5.10 Å². The van der Waals surface area contributed by atoms with Gasteiger partial charge in [0.1, 0.15) is 6.54 Å². The van der Waals surface area contributed by atoms with Crippen molar-refractivity contribution in [1.82, 2.24) is 14.3 Å². The van der Waals surface area contributed by atoms with Crippen LogP contribution in [0.3, 0.4) is 0 Å². The molecule has 2 heterocycles. The van der Waals surface area contributed by atoms with E-state index in [0.717, 1.165) is 5.56 Å². The first kappa shape index (κ1) is 11.3. The Balaban J connectivity index is 2.25. The predicted molar refractivity (Wildman–Crippen MR) is 63.0 cm³/mol. The van der Waals surface area contributed by atoms with Crippen molar-refractivity contribution in [1.29, 1.82) is 0 Å². The molecule has 0 amide bonds. The number of rotatable bonds is 3. The Bertz CT molecular complexity index is 610. The molecule has 5 nitrogen and oxygen atoms in total. The Kier molecular flexibility index (Phi) is 2.91. The minimum atomic E-state index is -0.257. The molecular formula is C12H13N3O2. The standard InChI is InChI=1S/C12H13N3O2/c1-9-6-12(17)15(13-7-9)8-11(16)10-4-3-5-14(10)2/h3-7H,8H2,1-2H3. The molecule has 0 radical (unpaired) electrons. The van der Waals surface area contributed by atoms with Gasteiger partial charge >= 0.3 is 0 Å². The van der Waals surface area contributed by atoms with Crippen LogP contribution >= 0.6 is 0 Å². The second-order valence-electron chi connectivity index (χ2n) is 3.96. The predicted octanol–water partition coefficient (Wildman–Crippen LogP) is 0.773. The van der Waals surface area contributed by atoms with E-state index in [4.69, 9.17) is 0 Å². The summed E-state index contributed by atoms with van der Waals surface area (Å²) in [6.07, 6.45) is 3.36. The summed E-state index contributed by atoms with van der Waals surface area (Å²) in [5.74, 6) is -0.129. The topological polar surface area (TPSA) is 56.9 Å². The molecule has 0 spiro atoms. The third kappa shape index (κ3) is 2.33. The Hall–Kier alpha value is -2.17. The van der Waals surface area contributed by atoms with Crippen molar-refractivity contribution in [2.45, 2.75) is 13.5 Å². The molecule has 0 fully saturated rings. The van der Waals surface area contributed by atoms with Crippen LogP contribution in [0.15, 0.2) is 35.4 Å². The number of aromatic nitrogens is 3. The molecule has 88 valence electrons. The van der Waals surface area contributed by atoms with E-state index in [1.807, 2.05) is 0 Å². The highest BCUT2D eigenvalue weighted by molar-refractivity contribution is 5.94. The summed E-state index contributed by atoms with van der Waals surface area (Å²) in [6, 6.07) is 4.98. The van der Waals surface area contributed by atoms with E-state index in [-0.39, 0.29) is 17.9 Å². The average Bonchev–Trinajstić information content (AvgIpc) is 2.68. The number of Topliss-reactive ketones (excluding diaryl/α,β-unsaturated/α-hetero) is 1. The second kappa shape index (κ2) is 4.37. The molecule has 0 unspecified atom stereocenters. The summed E-state index contributed by atoms with van der Waals surface area (Å²) in [6.45, 7) is 1.76. The zero-order chi connectivity index (χ0) is 12.4. The van der Waals surface area contributed by atoms with Gasteiger partial charge in [-0.25, -0.2) is 4.68 Å². The van der Waals surface area contributed by atoms with E-state index in [1.165, 1.54) is 10.7 Å². The van der Waals surface area contributed by atoms with Gasteiger partial charge in [-0.1, -0.05) is 0 Å². The molecule has 0 saturated carbocycles. The third-order valence-electron chi connectivity index (χ3n) is 2.53. The zero-order valence-electron chi connectivity index (χ0n) is 9.75. The van der Waals surface area contributed by atoms with E-state index in [0.29, 0.717) is 5.69 Å². The molecule has 2 rings (SSSR count). The lowest BCUT2D eigenvalue weighted by Crippen LogP contribution is -2.26. The fourth-order valence-electron chi connectivity index (χ4n) is 1.61. The molecule has 0 atom stereocenters. The number of carbonyl (C=O) groups is 1. The first-order valence-corrected chi connectivity index (χ1v) is 5.26. The molecule has 0 N–H and O–H groups in total. The van der Waals surface area contributed by atoms with Gasteiger partial charge in [0.25, 0.3) is 5.56 Å². The summed E-state index contributed by atoms with van der Waals surface area (Å²) in [5.41, 5.74) is 1.10. The van der Waals surface area contributed by atoms with Crippen LogP contribution in [-0.2, 0) is 13.6 Å². The van der Waals surface area contributed by atoms with Crippen molar-refractivity contribution >= 4 is 5.78 Å². The van der Waals surface area contributed by atoms with Gasteiger partial charge in [-0.2, -0.15) is 5.10 Å². The minimum Gasteiger partial charge on any atom is -0.348 e. The molecule has 2 aromatic rings. The van der Waals surface area contributed by atoms with Crippen molar-refractivity contribution in [2.75, 3.05) is 0 Å². The smallest absolute Gasteiger partial charge is 0.267 e. The van der Waals surface area contributed by atoms with Crippen LogP contribution in [0.5, 0.6) is 0 Å². The van der Waals surface area contributed by atoms with Gasteiger partial charge in [-0.3, -0.25) is 9.59 Å². The van der Waals surface area contributed by atoms with Gasteiger partial charge in [0.05, 0.1) is 11.9 Å². The second-order valence-corrected chi connectivity index (χ2v) is 3.96. The lowest BCUT2D eigenvalue weighted by atomic mass is 10.3. The first-order chi connectivity index (χ1) is 8.08. The summed E-state index contributed by atoms with van der Waals surface area (Å²) in [5, 5.41) is 3.93. The van der Waals surface area contributed by atoms with Crippen LogP contribution in [-0.4, -0.2) is 20.1 Å². The SMILES string of the molecule is Cc1cnn(CC(=O)c2cccn2C)c(=O)c1. The summed E-state index contributed by atoms with van der Waals surface area (Å²) < 4.78 is 2.89. The van der Waals surface area contributed by atoms with Crippen molar-refractivity contribution in [3.8, 4) is 0 Å². The lowest BCUT2D eigenvalue weighted by molar-refractivity contribution is 0.0957. The molecule has 0 aliphatic carbocycles. The van der Waals surface area contributed by atoms with Crippen LogP contribution in [0.4, 0.5) is 0 Å². The number of nitrogens with zero attached hydrogens (tertiary/aromatic N) is 3. The fraction of sp³-hybridized carbons (Fsp3) is 0.250. The molecule has 0 aliphatic heterocycles. The first-order valence-electron chi connectivity index (χ1n) is 5.26. The number of aryl methyl sites for hydroxylation is 2. The summed E-state index contributed by atoms with van der Waals surface area (Å²) in [7, 11) is 1.79. The zero-order valence-corrected chi connectivity index (χ0v) is 9.75. The Morgan fingerprint density at radius 1 is 1.47 bits per heavy atom. The van der Waals surface area contributed by atoms with Crippen LogP contribution in [0.25, 0.3) is 0 Å². The summed E-state index contributed by atoms with van der Waals surface area (Å²) >= 11 is 0. The van der Waals surface area contributed by atoms with E-state index < -0.39 is 0 Å². The van der Waals surface area contributed by atoms with Gasteiger partial charge in [0.15, 0.2) is 0 Å². The number of hydrogen-bond acceptors (Lipinski definition) is 3. The highest BCUT2D eigenvalue weighted by atomic mass is 16.1. The monoisotopic (exact) mass is 231 g/mol. The molecule has 5 heteroatoms. The quantitative estimate of drug-likeness (QED) is 0.733. The van der Waals surface area contributed by atoms with Crippen LogP contribution in [0.1, 0.15) is 16.1 Å². The summed E-state index contributed by atoms with van der Waals surface area (Å²) in [4.78, 5) is 23.5. The van der Waals surface area contributed by atoms with E-state index >= 15 is 0 Å². The maximum Gasteiger partial charge on any atom is 0.267 e. The fourth-order valence-corrected chi connectivity index (χ4v) is 1.61. The average molecular weight is 231 g/mol. The Morgan fingerprint density at radius 2 is 2.24 bits per heavy atom. The maximum atomic E-state index is 11.9. The highest BCUT2D eigenvalue weighted by Crippen LogP contribution is 2.01. The van der Waals surface area contributed by atoms with Crippen molar-refractivity contribution in [3.63, 3.8) is 0 Å². The Morgan fingerprint density at radius 3 is 2.82 bits per heavy atom. The van der Waals surface area contributed by atoms with Crippen molar-refractivity contribution in [2.24, 2.45) is 7.05 Å². The highest BCUT2D eigenvalue weighted by Gasteiger charge is 2.11. The molecule has 2 aromatic heterocycles. The van der Waals surface area contributed by atoms with Gasteiger partial charge in [-0.05, 0) is 24.6 Å². The van der Waals surface area contributed by atoms with Gasteiger partial charge < -0.3 is 4.57 Å². The molecule has 0 aromatic carbocycles. The molecule has 17 heavy (non-hydrogen) atoms. The number of ketones is 1. The van der Waals surface area contributed by atoms with Crippen molar-refractivity contribution < 1.29 is 4.79 Å².